The van der Waals surface area contributed by atoms with Crippen molar-refractivity contribution in [2.45, 2.75) is 26.8 Å². The number of phenolic OH excluding ortho intramolecular Hbond substituents is 1. The topological polar surface area (TPSA) is 80.0 Å². The minimum atomic E-state index is -0.736. The highest BCUT2D eigenvalue weighted by Crippen LogP contribution is 2.42. The number of anilines is 1. The Morgan fingerprint density at radius 1 is 1.00 bits per heavy atom. The van der Waals surface area contributed by atoms with Crippen LogP contribution in [0, 0.1) is 13.8 Å². The van der Waals surface area contributed by atoms with Crippen LogP contribution in [-0.4, -0.2) is 17.6 Å². The van der Waals surface area contributed by atoms with Crippen LogP contribution in [0.1, 0.15) is 45.8 Å². The molecular weight excluding hydrogens is 418 g/mol. The van der Waals surface area contributed by atoms with Gasteiger partial charge in [0.05, 0.1) is 23.6 Å². The molecule has 3 aromatic carbocycles. The number of hydrogen-bond acceptors (Lipinski definition) is 5. The van der Waals surface area contributed by atoms with Gasteiger partial charge in [0.15, 0.2) is 5.43 Å². The van der Waals surface area contributed by atoms with Crippen molar-refractivity contribution < 1.29 is 19.1 Å². The smallest absolute Gasteiger partial charge is 0.295 e. The van der Waals surface area contributed by atoms with Crippen LogP contribution >= 0.6 is 0 Å². The van der Waals surface area contributed by atoms with E-state index in [0.29, 0.717) is 34.6 Å². The largest absolute Gasteiger partial charge is 0.508 e. The average molecular weight is 441 g/mol. The van der Waals surface area contributed by atoms with E-state index in [0.717, 1.165) is 11.1 Å². The molecule has 1 amide bonds. The van der Waals surface area contributed by atoms with Crippen LogP contribution in [0.3, 0.4) is 0 Å². The fourth-order valence-corrected chi connectivity index (χ4v) is 4.37. The summed E-state index contributed by atoms with van der Waals surface area (Å²) in [7, 11) is 0. The first kappa shape index (κ1) is 20.8. The second-order valence-electron chi connectivity index (χ2n) is 8.21. The third-order valence-corrected chi connectivity index (χ3v) is 6.10. The Morgan fingerprint density at radius 3 is 2.42 bits per heavy atom. The van der Waals surface area contributed by atoms with Crippen molar-refractivity contribution in [1.29, 1.82) is 0 Å². The van der Waals surface area contributed by atoms with E-state index >= 15 is 0 Å². The van der Waals surface area contributed by atoms with Gasteiger partial charge in [-0.15, -0.1) is 0 Å². The number of carbonyl (C=O) groups excluding carboxylic acids is 1. The molecule has 5 rings (SSSR count). The van der Waals surface area contributed by atoms with E-state index in [4.69, 9.17) is 9.15 Å². The molecule has 2 heterocycles. The van der Waals surface area contributed by atoms with Crippen molar-refractivity contribution in [3.63, 3.8) is 0 Å². The summed E-state index contributed by atoms with van der Waals surface area (Å²) in [6, 6.07) is 16.6. The average Bonchev–Trinajstić information content (AvgIpc) is 3.09. The summed E-state index contributed by atoms with van der Waals surface area (Å²) in [6.07, 6.45) is 0. The van der Waals surface area contributed by atoms with Crippen molar-refractivity contribution in [3.05, 3.63) is 98.9 Å². The van der Waals surface area contributed by atoms with Gasteiger partial charge in [-0.2, -0.15) is 0 Å². The Bertz CT molecular complexity index is 1450. The highest BCUT2D eigenvalue weighted by atomic mass is 16.5. The second-order valence-corrected chi connectivity index (χ2v) is 8.21. The normalized spacial score (nSPS) is 15.2. The minimum absolute atomic E-state index is 0.0259. The van der Waals surface area contributed by atoms with Gasteiger partial charge in [0.1, 0.15) is 17.1 Å². The molecule has 6 nitrogen and oxygen atoms in total. The number of phenols is 1. The third kappa shape index (κ3) is 3.35. The predicted molar refractivity (Wildman–Crippen MR) is 126 cm³/mol. The van der Waals surface area contributed by atoms with Crippen LogP contribution in [0.5, 0.6) is 11.5 Å². The summed E-state index contributed by atoms with van der Waals surface area (Å²) in [5, 5.41) is 10.6. The summed E-state index contributed by atoms with van der Waals surface area (Å²) >= 11 is 0. The number of aromatic hydroxyl groups is 1. The van der Waals surface area contributed by atoms with Gasteiger partial charge in [0, 0.05) is 5.69 Å². The fraction of sp³-hybridized carbons (Fsp3) is 0.185. The molecule has 0 bridgehead atoms. The number of carbonyl (C=O) groups is 1. The van der Waals surface area contributed by atoms with Crippen LogP contribution < -0.4 is 15.1 Å². The summed E-state index contributed by atoms with van der Waals surface area (Å²) in [5.74, 6) is 0.361. The number of amides is 1. The molecule has 0 fully saturated rings. The van der Waals surface area contributed by atoms with E-state index in [2.05, 4.69) is 0 Å². The summed E-state index contributed by atoms with van der Waals surface area (Å²) in [6.45, 7) is 6.30. The van der Waals surface area contributed by atoms with Crippen LogP contribution in [-0.2, 0) is 0 Å². The summed E-state index contributed by atoms with van der Waals surface area (Å²) in [5.41, 5.74) is 3.57. The lowest BCUT2D eigenvalue weighted by Gasteiger charge is -2.25. The van der Waals surface area contributed by atoms with Crippen LogP contribution in [0.25, 0.3) is 11.0 Å². The molecule has 33 heavy (non-hydrogen) atoms. The lowest BCUT2D eigenvalue weighted by atomic mass is 9.97. The lowest BCUT2D eigenvalue weighted by Crippen LogP contribution is -2.29. The molecule has 1 aromatic heterocycles. The third-order valence-electron chi connectivity index (χ3n) is 6.10. The van der Waals surface area contributed by atoms with Gasteiger partial charge in [0.2, 0.25) is 5.76 Å². The molecule has 1 aliphatic rings. The van der Waals surface area contributed by atoms with Crippen molar-refractivity contribution in [3.8, 4) is 11.5 Å². The Kier molecular flexibility index (Phi) is 4.93. The zero-order valence-corrected chi connectivity index (χ0v) is 18.6. The molecule has 0 saturated carbocycles. The maximum Gasteiger partial charge on any atom is 0.295 e. The van der Waals surface area contributed by atoms with Gasteiger partial charge in [0.25, 0.3) is 5.91 Å². The molecule has 1 atom stereocenters. The number of hydrogen-bond donors (Lipinski definition) is 1. The molecule has 0 saturated heterocycles. The Labute approximate surface area is 190 Å². The molecule has 1 unspecified atom stereocenters. The van der Waals surface area contributed by atoms with Crippen LogP contribution in [0.4, 0.5) is 5.69 Å². The Hall–Kier alpha value is -4.06. The maximum absolute atomic E-state index is 13.7. The molecule has 0 spiro atoms. The Morgan fingerprint density at radius 2 is 1.73 bits per heavy atom. The van der Waals surface area contributed by atoms with Crippen molar-refractivity contribution in [2.75, 3.05) is 11.5 Å². The summed E-state index contributed by atoms with van der Waals surface area (Å²) in [4.78, 5) is 28.9. The zero-order valence-electron chi connectivity index (χ0n) is 18.6. The lowest BCUT2D eigenvalue weighted by molar-refractivity contribution is 0.0971. The van der Waals surface area contributed by atoms with Gasteiger partial charge < -0.3 is 14.3 Å². The summed E-state index contributed by atoms with van der Waals surface area (Å²) < 4.78 is 11.6. The number of benzene rings is 3. The molecule has 4 aromatic rings. The van der Waals surface area contributed by atoms with Gasteiger partial charge >= 0.3 is 0 Å². The van der Waals surface area contributed by atoms with E-state index in [9.17, 15) is 14.7 Å². The minimum Gasteiger partial charge on any atom is -0.508 e. The first-order chi connectivity index (χ1) is 15.9. The van der Waals surface area contributed by atoms with Crippen LogP contribution in [0.15, 0.2) is 69.9 Å². The number of aryl methyl sites for hydroxylation is 2. The zero-order chi connectivity index (χ0) is 23.3. The van der Waals surface area contributed by atoms with Gasteiger partial charge in [-0.05, 0) is 86.0 Å². The SMILES string of the molecule is CCOc1ccc(N2C(=O)c3oc4cc(C)c(C)cc4c(=O)c3C2c2cccc(O)c2)cc1. The fourth-order valence-electron chi connectivity index (χ4n) is 4.37. The van der Waals surface area contributed by atoms with E-state index in [1.807, 2.05) is 20.8 Å². The monoisotopic (exact) mass is 441 g/mol. The first-order valence-corrected chi connectivity index (χ1v) is 10.8. The number of fused-ring (bicyclic) bond motifs is 2. The van der Waals surface area contributed by atoms with Crippen molar-refractivity contribution in [2.24, 2.45) is 0 Å². The first-order valence-electron chi connectivity index (χ1n) is 10.8. The van der Waals surface area contributed by atoms with Gasteiger partial charge in [-0.1, -0.05) is 12.1 Å². The number of ether oxygens (including phenoxy) is 1. The molecule has 0 radical (unpaired) electrons. The maximum atomic E-state index is 13.7. The van der Waals surface area contributed by atoms with Crippen LogP contribution in [0.2, 0.25) is 0 Å². The molecular formula is C27H23NO5. The second kappa shape index (κ2) is 7.81. The van der Waals surface area contributed by atoms with Crippen molar-refractivity contribution >= 4 is 22.6 Å². The van der Waals surface area contributed by atoms with E-state index < -0.39 is 11.9 Å². The van der Waals surface area contributed by atoms with Gasteiger partial charge in [-0.25, -0.2) is 0 Å². The highest BCUT2D eigenvalue weighted by Gasteiger charge is 2.43. The Balaban J connectivity index is 1.77. The van der Waals surface area contributed by atoms with E-state index in [1.54, 1.807) is 65.6 Å². The molecule has 0 aliphatic carbocycles. The molecule has 6 heteroatoms. The van der Waals surface area contributed by atoms with Crippen molar-refractivity contribution in [1.82, 2.24) is 0 Å². The highest BCUT2D eigenvalue weighted by molar-refractivity contribution is 6.10. The molecule has 166 valence electrons. The number of nitrogens with zero attached hydrogens (tertiary/aromatic N) is 1. The molecule has 1 N–H and O–H groups in total. The predicted octanol–water partition coefficient (Wildman–Crippen LogP) is 5.26. The van der Waals surface area contributed by atoms with E-state index in [-0.39, 0.29) is 22.5 Å². The quantitative estimate of drug-likeness (QED) is 0.467. The van der Waals surface area contributed by atoms with Gasteiger partial charge in [-0.3, -0.25) is 14.5 Å². The standard InChI is InChI=1S/C27H23NO5/c1-4-32-20-10-8-18(9-11-20)28-24(17-6-5-7-19(29)14-17)23-25(30)21-12-15(2)16(3)13-22(21)33-26(23)27(28)31/h5-14,24,29H,4H2,1-3H3. The molecule has 1 aliphatic heterocycles. The number of rotatable bonds is 4. The van der Waals surface area contributed by atoms with E-state index in [1.165, 1.54) is 0 Å².